The maximum Gasteiger partial charge on any atom is 0.329 e. The lowest BCUT2D eigenvalue weighted by atomic mass is 9.97. The average Bonchev–Trinajstić information content (AvgIpc) is 2.33. The van der Waals surface area contributed by atoms with E-state index < -0.39 is 34.9 Å². The summed E-state index contributed by atoms with van der Waals surface area (Å²) in [5.41, 5.74) is -1.92. The molecule has 3 N–H and O–H groups in total. The number of nitrogens with one attached hydrogen (secondary N) is 2. The zero-order valence-corrected chi connectivity index (χ0v) is 12.2. The van der Waals surface area contributed by atoms with Crippen LogP contribution in [-0.4, -0.2) is 22.6 Å². The summed E-state index contributed by atoms with van der Waals surface area (Å²) in [6, 6.07) is 0.452. The molecule has 116 valence electrons. The van der Waals surface area contributed by atoms with Crippen molar-refractivity contribution in [2.45, 2.75) is 32.2 Å². The fourth-order valence-corrected chi connectivity index (χ4v) is 2.02. The maximum atomic E-state index is 13.5. The van der Waals surface area contributed by atoms with Crippen molar-refractivity contribution in [3.05, 3.63) is 28.8 Å². The zero-order valence-electron chi connectivity index (χ0n) is 11.5. The maximum absolute atomic E-state index is 13.5. The van der Waals surface area contributed by atoms with Gasteiger partial charge in [-0.15, -0.1) is 0 Å². The van der Waals surface area contributed by atoms with Gasteiger partial charge >= 0.3 is 12.0 Å². The molecule has 1 aromatic rings. The number of halogens is 3. The normalized spacial score (nSPS) is 13.4. The molecule has 2 amide bonds. The molecule has 0 aromatic heterocycles. The van der Waals surface area contributed by atoms with E-state index in [9.17, 15) is 18.4 Å². The van der Waals surface area contributed by atoms with Gasteiger partial charge in [0.1, 0.15) is 11.4 Å². The molecule has 0 radical (unpaired) electrons. The molecule has 8 heteroatoms. The van der Waals surface area contributed by atoms with E-state index in [0.717, 1.165) is 6.07 Å². The number of benzene rings is 1. The van der Waals surface area contributed by atoms with Gasteiger partial charge in [-0.3, -0.25) is 0 Å². The van der Waals surface area contributed by atoms with Gasteiger partial charge in [0.25, 0.3) is 0 Å². The first-order valence-corrected chi connectivity index (χ1v) is 6.54. The first kappa shape index (κ1) is 17.2. The van der Waals surface area contributed by atoms with Crippen molar-refractivity contribution in [2.75, 3.05) is 5.32 Å². The zero-order chi connectivity index (χ0) is 16.2. The fraction of sp³-hybridized carbons (Fsp3) is 0.385. The highest BCUT2D eigenvalue weighted by Gasteiger charge is 2.34. The first-order chi connectivity index (χ1) is 9.69. The summed E-state index contributed by atoms with van der Waals surface area (Å²) >= 11 is 5.63. The minimum Gasteiger partial charge on any atom is -0.480 e. The van der Waals surface area contributed by atoms with Crippen LogP contribution in [0.3, 0.4) is 0 Å². The molecule has 0 spiro atoms. The Bertz CT molecular complexity index is 545. The number of aliphatic carboxylic acids is 1. The number of hydrogen-bond donors (Lipinski definition) is 3. The Morgan fingerprint density at radius 2 is 2.00 bits per heavy atom. The number of carboxylic acids is 1. The number of rotatable bonds is 5. The molecule has 0 bridgehead atoms. The van der Waals surface area contributed by atoms with Crippen molar-refractivity contribution in [1.82, 2.24) is 5.32 Å². The smallest absolute Gasteiger partial charge is 0.329 e. The summed E-state index contributed by atoms with van der Waals surface area (Å²) in [5, 5.41) is 13.1. The van der Waals surface area contributed by atoms with Crippen LogP contribution < -0.4 is 10.6 Å². The van der Waals surface area contributed by atoms with Gasteiger partial charge in [-0.05, 0) is 19.4 Å². The Labute approximate surface area is 125 Å². The highest BCUT2D eigenvalue weighted by atomic mass is 35.5. The van der Waals surface area contributed by atoms with E-state index in [1.807, 2.05) is 0 Å². The topological polar surface area (TPSA) is 78.4 Å². The second kappa shape index (κ2) is 6.71. The lowest BCUT2D eigenvalue weighted by Gasteiger charge is -2.26. The van der Waals surface area contributed by atoms with Gasteiger partial charge in [-0.1, -0.05) is 24.9 Å². The summed E-state index contributed by atoms with van der Waals surface area (Å²) in [6.45, 7) is 3.10. The molecule has 21 heavy (non-hydrogen) atoms. The Morgan fingerprint density at radius 3 is 2.48 bits per heavy atom. The van der Waals surface area contributed by atoms with Crippen molar-refractivity contribution in [1.29, 1.82) is 0 Å². The van der Waals surface area contributed by atoms with Gasteiger partial charge in [0.2, 0.25) is 0 Å². The molecule has 1 atom stereocenters. The number of anilines is 1. The van der Waals surface area contributed by atoms with Crippen LogP contribution in [0.4, 0.5) is 19.3 Å². The molecule has 1 rings (SSSR count). The second-order valence-electron chi connectivity index (χ2n) is 4.71. The van der Waals surface area contributed by atoms with E-state index in [4.69, 9.17) is 16.7 Å². The number of urea groups is 1. The fourth-order valence-electron chi connectivity index (χ4n) is 1.78. The molecular weight excluding hydrogens is 306 g/mol. The van der Waals surface area contributed by atoms with Crippen molar-refractivity contribution in [2.24, 2.45) is 0 Å². The van der Waals surface area contributed by atoms with Gasteiger partial charge < -0.3 is 15.7 Å². The van der Waals surface area contributed by atoms with E-state index >= 15 is 0 Å². The van der Waals surface area contributed by atoms with Crippen molar-refractivity contribution in [3.8, 4) is 0 Å². The molecule has 0 aliphatic rings. The van der Waals surface area contributed by atoms with E-state index in [0.29, 0.717) is 12.5 Å². The van der Waals surface area contributed by atoms with Gasteiger partial charge in [-0.25, -0.2) is 18.4 Å². The van der Waals surface area contributed by atoms with E-state index in [2.05, 4.69) is 10.6 Å². The van der Waals surface area contributed by atoms with E-state index in [1.165, 1.54) is 6.92 Å². The van der Waals surface area contributed by atoms with Gasteiger partial charge in [0.15, 0.2) is 5.82 Å². The SMILES string of the molecule is CCCC(C)(NC(=O)Nc1c(F)cc(F)cc1Cl)C(=O)O. The number of carbonyl (C=O) groups excluding carboxylic acids is 1. The van der Waals surface area contributed by atoms with Crippen LogP contribution in [0.1, 0.15) is 26.7 Å². The number of carbonyl (C=O) groups is 2. The largest absolute Gasteiger partial charge is 0.480 e. The Kier molecular flexibility index (Phi) is 5.48. The molecule has 1 aromatic carbocycles. The highest BCUT2D eigenvalue weighted by Crippen LogP contribution is 2.26. The minimum absolute atomic E-state index is 0.190. The molecular formula is C13H15ClF2N2O3. The third-order valence-corrected chi connectivity index (χ3v) is 3.15. The van der Waals surface area contributed by atoms with Gasteiger partial charge in [0.05, 0.1) is 10.7 Å². The molecule has 0 saturated heterocycles. The predicted octanol–water partition coefficient (Wildman–Crippen LogP) is 3.38. The van der Waals surface area contributed by atoms with Gasteiger partial charge in [0, 0.05) is 6.07 Å². The summed E-state index contributed by atoms with van der Waals surface area (Å²) in [4.78, 5) is 23.0. The third-order valence-electron chi connectivity index (χ3n) is 2.86. The monoisotopic (exact) mass is 320 g/mol. The molecule has 5 nitrogen and oxygen atoms in total. The number of carboxylic acid groups (broad SMARTS) is 1. The van der Waals surface area contributed by atoms with Crippen molar-refractivity contribution in [3.63, 3.8) is 0 Å². The van der Waals surface area contributed by atoms with Crippen LogP contribution in [0, 0.1) is 11.6 Å². The van der Waals surface area contributed by atoms with Crippen LogP contribution in [0.25, 0.3) is 0 Å². The Hall–Kier alpha value is -1.89. The standard InChI is InChI=1S/C13H15ClF2N2O3/c1-3-4-13(2,11(19)20)18-12(21)17-10-8(14)5-7(15)6-9(10)16/h5-6H,3-4H2,1-2H3,(H,19,20)(H2,17,18,21). The lowest BCUT2D eigenvalue weighted by molar-refractivity contribution is -0.143. The van der Waals surface area contributed by atoms with Crippen LogP contribution >= 0.6 is 11.6 Å². The van der Waals surface area contributed by atoms with Crippen LogP contribution in [0.15, 0.2) is 12.1 Å². The van der Waals surface area contributed by atoms with E-state index in [1.54, 1.807) is 6.92 Å². The summed E-state index contributed by atoms with van der Waals surface area (Å²) < 4.78 is 26.4. The Balaban J connectivity index is 2.89. The summed E-state index contributed by atoms with van der Waals surface area (Å²) in [7, 11) is 0. The lowest BCUT2D eigenvalue weighted by Crippen LogP contribution is -2.53. The molecule has 0 fully saturated rings. The molecule has 1 unspecified atom stereocenters. The van der Waals surface area contributed by atoms with Gasteiger partial charge in [-0.2, -0.15) is 0 Å². The third kappa shape index (κ3) is 4.29. The quantitative estimate of drug-likeness (QED) is 0.778. The van der Waals surface area contributed by atoms with Crippen molar-refractivity contribution < 1.29 is 23.5 Å². The van der Waals surface area contributed by atoms with Crippen LogP contribution in [0.5, 0.6) is 0 Å². The molecule has 0 saturated carbocycles. The predicted molar refractivity (Wildman–Crippen MR) is 74.5 cm³/mol. The summed E-state index contributed by atoms with van der Waals surface area (Å²) in [6.07, 6.45) is 0.712. The van der Waals surface area contributed by atoms with Crippen LogP contribution in [-0.2, 0) is 4.79 Å². The highest BCUT2D eigenvalue weighted by molar-refractivity contribution is 6.33. The minimum atomic E-state index is -1.50. The molecule has 0 aliphatic carbocycles. The van der Waals surface area contributed by atoms with Crippen molar-refractivity contribution >= 4 is 29.3 Å². The molecule has 0 aliphatic heterocycles. The molecule has 0 heterocycles. The van der Waals surface area contributed by atoms with E-state index in [-0.39, 0.29) is 11.4 Å². The first-order valence-electron chi connectivity index (χ1n) is 6.16. The number of hydrogen-bond acceptors (Lipinski definition) is 2. The Morgan fingerprint density at radius 1 is 1.38 bits per heavy atom. The second-order valence-corrected chi connectivity index (χ2v) is 5.12. The average molecular weight is 321 g/mol. The number of amides is 2. The summed E-state index contributed by atoms with van der Waals surface area (Å²) in [5.74, 6) is -3.15. The van der Waals surface area contributed by atoms with Crippen LogP contribution in [0.2, 0.25) is 5.02 Å².